The first-order valence-corrected chi connectivity index (χ1v) is 11.9. The molecule has 36 heavy (non-hydrogen) atoms. The lowest BCUT2D eigenvalue weighted by molar-refractivity contribution is 0.00578. The number of fused-ring (bicyclic) bond motifs is 1. The molecular weight excluding hydrogens is 433 g/mol. The van der Waals surface area contributed by atoms with Gasteiger partial charge in [-0.3, -0.25) is 0 Å². The van der Waals surface area contributed by atoms with Crippen LogP contribution in [-0.4, -0.2) is 57.6 Å². The van der Waals surface area contributed by atoms with E-state index >= 15 is 0 Å². The number of benzene rings is 4. The van der Waals surface area contributed by atoms with Crippen LogP contribution in [0.1, 0.15) is 27.7 Å². The highest BCUT2D eigenvalue weighted by Gasteiger charge is 2.51. The van der Waals surface area contributed by atoms with E-state index in [1.54, 1.807) is 0 Å². The summed E-state index contributed by atoms with van der Waals surface area (Å²) in [5.41, 5.74) is 4.81. The van der Waals surface area contributed by atoms with Gasteiger partial charge in [0.1, 0.15) is 39.2 Å². The summed E-state index contributed by atoms with van der Waals surface area (Å²) in [6, 6.07) is 20.4. The molecule has 0 N–H and O–H groups in total. The predicted molar refractivity (Wildman–Crippen MR) is 157 cm³/mol. The van der Waals surface area contributed by atoms with E-state index in [4.69, 9.17) is 48.5 Å². The Morgan fingerprint density at radius 1 is 0.611 bits per heavy atom. The van der Waals surface area contributed by atoms with Gasteiger partial charge in [-0.1, -0.05) is 71.6 Å². The van der Waals surface area contributed by atoms with Gasteiger partial charge in [-0.05, 0) is 66.2 Å². The van der Waals surface area contributed by atoms with E-state index in [1.165, 1.54) is 0 Å². The second kappa shape index (κ2) is 8.78. The topological polar surface area (TPSA) is 18.5 Å². The number of hydrogen-bond donors (Lipinski definition) is 0. The van der Waals surface area contributed by atoms with Crippen LogP contribution in [0.25, 0.3) is 33.0 Å². The van der Waals surface area contributed by atoms with E-state index in [1.807, 2.05) is 58.0 Å². The van der Waals surface area contributed by atoms with Gasteiger partial charge < -0.3 is 9.31 Å². The van der Waals surface area contributed by atoms with Crippen molar-refractivity contribution in [2.45, 2.75) is 38.9 Å². The maximum absolute atomic E-state index is 6.45. The van der Waals surface area contributed by atoms with Gasteiger partial charge in [0.05, 0.1) is 11.2 Å². The van der Waals surface area contributed by atoms with Crippen LogP contribution < -0.4 is 32.8 Å². The van der Waals surface area contributed by atoms with Crippen molar-refractivity contribution in [3.63, 3.8) is 0 Å². The molecule has 0 aromatic heterocycles. The molecule has 8 heteroatoms. The molecule has 5 rings (SSSR count). The van der Waals surface area contributed by atoms with Crippen LogP contribution in [0.15, 0.2) is 60.7 Å². The highest BCUT2D eigenvalue weighted by Crippen LogP contribution is 2.38. The summed E-state index contributed by atoms with van der Waals surface area (Å²) in [4.78, 5) is 0. The van der Waals surface area contributed by atoms with Gasteiger partial charge in [0, 0.05) is 0 Å². The van der Waals surface area contributed by atoms with Crippen LogP contribution in [0, 0.1) is 0 Å². The monoisotopic (exact) mass is 456 g/mol. The fourth-order valence-corrected chi connectivity index (χ4v) is 4.76. The molecule has 164 valence electrons. The molecule has 0 unspecified atom stereocenters. The maximum atomic E-state index is 6.45. The minimum atomic E-state index is -0.465. The fourth-order valence-electron chi connectivity index (χ4n) is 4.76. The first kappa shape index (κ1) is 25.1. The average molecular weight is 455 g/mol. The molecule has 0 atom stereocenters. The molecule has 0 amide bonds. The van der Waals surface area contributed by atoms with Crippen LogP contribution in [-0.2, 0) is 9.31 Å². The summed E-state index contributed by atoms with van der Waals surface area (Å²) in [5.74, 6) is 0. The van der Waals surface area contributed by atoms with E-state index in [0.29, 0.717) is 16.5 Å². The number of hydrogen-bond acceptors (Lipinski definition) is 2. The summed E-state index contributed by atoms with van der Waals surface area (Å²) in [5, 5.41) is 2.01. The molecule has 1 heterocycles. The summed E-state index contributed by atoms with van der Waals surface area (Å²) in [6.07, 6.45) is 0. The Kier molecular flexibility index (Phi) is 6.13. The van der Waals surface area contributed by atoms with Crippen molar-refractivity contribution in [2.24, 2.45) is 0 Å². The molecule has 0 bridgehead atoms. The molecule has 0 saturated carbocycles. The van der Waals surface area contributed by atoms with Crippen molar-refractivity contribution >= 4 is 89.9 Å². The molecule has 10 radical (unpaired) electrons. The van der Waals surface area contributed by atoms with Crippen molar-refractivity contribution in [3.05, 3.63) is 60.7 Å². The Bertz CT molecular complexity index is 1460. The lowest BCUT2D eigenvalue weighted by Gasteiger charge is -2.32. The molecule has 1 fully saturated rings. The zero-order valence-electron chi connectivity index (χ0n) is 21.1. The SMILES string of the molecule is [B]c1c([B])c([B])c(-c2cccc3cccc(-c4cccc(B5OC(C)(C)C(C)(C)O5)c4)c23)c([B])c1[B]. The smallest absolute Gasteiger partial charge is 0.399 e. The average Bonchev–Trinajstić information content (AvgIpc) is 3.08. The minimum Gasteiger partial charge on any atom is -0.399 e. The molecule has 1 aliphatic heterocycles. The van der Waals surface area contributed by atoms with E-state index in [0.717, 1.165) is 32.9 Å². The Morgan fingerprint density at radius 3 is 1.69 bits per heavy atom. The Morgan fingerprint density at radius 2 is 1.11 bits per heavy atom. The van der Waals surface area contributed by atoms with Gasteiger partial charge in [-0.25, -0.2) is 0 Å². The van der Waals surface area contributed by atoms with Crippen LogP contribution >= 0.6 is 0 Å². The highest BCUT2D eigenvalue weighted by molar-refractivity contribution is 6.69. The van der Waals surface area contributed by atoms with E-state index in [2.05, 4.69) is 30.3 Å². The molecule has 4 aromatic carbocycles. The van der Waals surface area contributed by atoms with Crippen LogP contribution in [0.3, 0.4) is 0 Å². The fraction of sp³-hybridized carbons (Fsp3) is 0.214. The lowest BCUT2D eigenvalue weighted by Crippen LogP contribution is -2.55. The van der Waals surface area contributed by atoms with E-state index < -0.39 is 18.3 Å². The summed E-state index contributed by atoms with van der Waals surface area (Å²) >= 11 is 0. The van der Waals surface area contributed by atoms with Gasteiger partial charge in [0.15, 0.2) is 0 Å². The summed E-state index contributed by atoms with van der Waals surface area (Å²) in [6.45, 7) is 8.19. The second-order valence-corrected chi connectivity index (χ2v) is 10.4. The van der Waals surface area contributed by atoms with Crippen LogP contribution in [0.4, 0.5) is 0 Å². The predicted octanol–water partition coefficient (Wildman–Crippen LogP) is 0.442. The first-order valence-electron chi connectivity index (χ1n) is 11.9. The zero-order chi connectivity index (χ0) is 26.0. The molecule has 2 nitrogen and oxygen atoms in total. The van der Waals surface area contributed by atoms with Crippen molar-refractivity contribution < 1.29 is 9.31 Å². The Balaban J connectivity index is 1.72. The van der Waals surface area contributed by atoms with Gasteiger partial charge >= 0.3 is 7.12 Å². The molecule has 1 saturated heterocycles. The van der Waals surface area contributed by atoms with E-state index in [9.17, 15) is 0 Å². The second-order valence-electron chi connectivity index (χ2n) is 10.4. The maximum Gasteiger partial charge on any atom is 0.494 e. The normalized spacial score (nSPS) is 16.5. The molecule has 1 aliphatic rings. The zero-order valence-corrected chi connectivity index (χ0v) is 21.1. The molecule has 4 aromatic rings. The van der Waals surface area contributed by atoms with Gasteiger partial charge in [0.2, 0.25) is 0 Å². The molecular formula is C28H22B6O2. The molecule has 0 spiro atoms. The van der Waals surface area contributed by atoms with Crippen molar-refractivity contribution in [1.82, 2.24) is 0 Å². The van der Waals surface area contributed by atoms with Crippen molar-refractivity contribution in [2.75, 3.05) is 0 Å². The quantitative estimate of drug-likeness (QED) is 0.418. The minimum absolute atomic E-state index is 0.198. The van der Waals surface area contributed by atoms with Crippen molar-refractivity contribution in [1.29, 1.82) is 0 Å². The third kappa shape index (κ3) is 3.90. The third-order valence-corrected chi connectivity index (χ3v) is 7.60. The first-order chi connectivity index (χ1) is 16.9. The Labute approximate surface area is 220 Å². The van der Waals surface area contributed by atoms with Gasteiger partial charge in [0.25, 0.3) is 0 Å². The lowest BCUT2D eigenvalue weighted by atomic mass is 9.59. The van der Waals surface area contributed by atoms with Crippen LogP contribution in [0.5, 0.6) is 0 Å². The Hall–Kier alpha value is -2.55. The van der Waals surface area contributed by atoms with Gasteiger partial charge in [-0.15, -0.1) is 16.4 Å². The summed E-state index contributed by atoms with van der Waals surface area (Å²) < 4.78 is 12.6. The van der Waals surface area contributed by atoms with Gasteiger partial charge in [-0.2, -0.15) is 0 Å². The van der Waals surface area contributed by atoms with Crippen molar-refractivity contribution in [3.8, 4) is 22.3 Å². The molecule has 0 aliphatic carbocycles. The van der Waals surface area contributed by atoms with Crippen LogP contribution in [0.2, 0.25) is 0 Å². The van der Waals surface area contributed by atoms with E-state index in [-0.39, 0.29) is 16.4 Å². The largest absolute Gasteiger partial charge is 0.494 e. The standard InChI is InChI=1S/C28H22B6O2/c1-27(2)28(3,4)36-34(35-27)17-11-5-10-16(14-17)18-12-6-8-15-9-7-13-19(20(15)18)21-22(29)24(31)26(33)25(32)23(21)30/h5-14H,1-4H3. The summed E-state index contributed by atoms with van der Waals surface area (Å²) in [7, 11) is 30.9. The third-order valence-electron chi connectivity index (χ3n) is 7.60. The number of rotatable bonds is 3. The highest BCUT2D eigenvalue weighted by atomic mass is 16.7.